The fraction of sp³-hybridized carbons (Fsp3) is 0.421. The molecule has 0 aliphatic carbocycles. The van der Waals surface area contributed by atoms with Crippen molar-refractivity contribution in [3.63, 3.8) is 0 Å². The van der Waals surface area contributed by atoms with Gasteiger partial charge >= 0.3 is 6.18 Å². The van der Waals surface area contributed by atoms with Crippen molar-refractivity contribution in [2.24, 2.45) is 0 Å². The van der Waals surface area contributed by atoms with E-state index in [2.05, 4.69) is 15.1 Å². The molecule has 0 saturated carbocycles. The van der Waals surface area contributed by atoms with E-state index in [-0.39, 0.29) is 16.9 Å². The largest absolute Gasteiger partial charge is 0.416 e. The minimum absolute atomic E-state index is 0.177. The van der Waals surface area contributed by atoms with Crippen LogP contribution in [0.2, 0.25) is 0 Å². The molecule has 1 aliphatic rings. The Morgan fingerprint density at radius 3 is 2.66 bits per heavy atom. The van der Waals surface area contributed by atoms with Crippen molar-refractivity contribution in [1.82, 2.24) is 19.7 Å². The first kappa shape index (κ1) is 19.3. The van der Waals surface area contributed by atoms with E-state index in [1.165, 1.54) is 6.20 Å². The van der Waals surface area contributed by atoms with Crippen LogP contribution in [0.15, 0.2) is 35.4 Å². The molecule has 1 aliphatic heterocycles. The van der Waals surface area contributed by atoms with Crippen molar-refractivity contribution in [2.75, 3.05) is 23.7 Å². The van der Waals surface area contributed by atoms with Crippen LogP contribution in [-0.4, -0.2) is 32.8 Å². The van der Waals surface area contributed by atoms with E-state index in [1.54, 1.807) is 12.3 Å². The Labute approximate surface area is 164 Å². The van der Waals surface area contributed by atoms with Gasteiger partial charge in [0.25, 0.3) is 5.56 Å². The highest BCUT2D eigenvalue weighted by atomic mass is 19.4. The Bertz CT molecular complexity index is 1100. The van der Waals surface area contributed by atoms with E-state index in [0.29, 0.717) is 42.7 Å². The van der Waals surface area contributed by atoms with Gasteiger partial charge < -0.3 is 15.6 Å². The molecule has 0 spiro atoms. The molecule has 3 N–H and O–H groups in total. The van der Waals surface area contributed by atoms with Gasteiger partial charge in [-0.2, -0.15) is 18.3 Å². The van der Waals surface area contributed by atoms with Gasteiger partial charge in [-0.25, -0.2) is 4.98 Å². The Morgan fingerprint density at radius 2 is 2.00 bits per heavy atom. The lowest BCUT2D eigenvalue weighted by atomic mass is 9.85. The molecular formula is C19H21F3N6O. The van der Waals surface area contributed by atoms with Crippen LogP contribution in [0.5, 0.6) is 0 Å². The minimum Gasteiger partial charge on any atom is -0.382 e. The molecule has 10 heteroatoms. The normalized spacial score (nSPS) is 17.0. The summed E-state index contributed by atoms with van der Waals surface area (Å²) in [6.07, 6.45) is 0.384. The van der Waals surface area contributed by atoms with Crippen LogP contribution >= 0.6 is 0 Å². The quantitative estimate of drug-likeness (QED) is 0.697. The summed E-state index contributed by atoms with van der Waals surface area (Å²) in [6, 6.07) is 3.83. The molecule has 29 heavy (non-hydrogen) atoms. The third-order valence-electron chi connectivity index (χ3n) is 5.83. The number of aromatic nitrogens is 4. The van der Waals surface area contributed by atoms with Gasteiger partial charge in [0.15, 0.2) is 5.82 Å². The number of pyridine rings is 2. The maximum atomic E-state index is 13.0. The van der Waals surface area contributed by atoms with Gasteiger partial charge in [-0.3, -0.25) is 9.48 Å². The fourth-order valence-electron chi connectivity index (χ4n) is 4.10. The van der Waals surface area contributed by atoms with Crippen LogP contribution in [-0.2, 0) is 11.7 Å². The van der Waals surface area contributed by atoms with Gasteiger partial charge in [-0.1, -0.05) is 6.92 Å². The molecule has 0 unspecified atom stereocenters. The third-order valence-corrected chi connectivity index (χ3v) is 5.83. The number of nitrogens with zero attached hydrogens (tertiary/aromatic N) is 4. The summed E-state index contributed by atoms with van der Waals surface area (Å²) in [5.41, 5.74) is 5.29. The van der Waals surface area contributed by atoms with E-state index in [9.17, 15) is 18.0 Å². The van der Waals surface area contributed by atoms with E-state index in [1.807, 2.05) is 16.5 Å². The highest BCUT2D eigenvalue weighted by Gasteiger charge is 2.38. The van der Waals surface area contributed by atoms with Crippen molar-refractivity contribution in [3.05, 3.63) is 46.5 Å². The number of nitrogens with two attached hydrogens (primary N) is 1. The number of nitrogens with one attached hydrogen (secondary N) is 1. The fourth-order valence-corrected chi connectivity index (χ4v) is 4.10. The number of rotatable bonds is 3. The number of piperidine rings is 1. The topological polar surface area (TPSA) is 92.8 Å². The number of anilines is 2. The molecule has 4 rings (SSSR count). The Morgan fingerprint density at radius 1 is 1.28 bits per heavy atom. The van der Waals surface area contributed by atoms with Crippen LogP contribution in [0.25, 0.3) is 10.9 Å². The van der Waals surface area contributed by atoms with Crippen molar-refractivity contribution < 1.29 is 13.2 Å². The van der Waals surface area contributed by atoms with Gasteiger partial charge in [0, 0.05) is 25.5 Å². The maximum Gasteiger partial charge on any atom is 0.416 e. The Kier molecular flexibility index (Phi) is 4.51. The van der Waals surface area contributed by atoms with Gasteiger partial charge in [0.05, 0.1) is 16.6 Å². The lowest BCUT2D eigenvalue weighted by Crippen LogP contribution is -2.46. The first-order chi connectivity index (χ1) is 13.7. The average Bonchev–Trinajstić information content (AvgIpc) is 3.06. The van der Waals surface area contributed by atoms with Crippen LogP contribution in [0.4, 0.5) is 24.8 Å². The van der Waals surface area contributed by atoms with Crippen LogP contribution in [0.1, 0.15) is 31.7 Å². The monoisotopic (exact) mass is 406 g/mol. The summed E-state index contributed by atoms with van der Waals surface area (Å²) in [6.45, 7) is 3.08. The lowest BCUT2D eigenvalue weighted by molar-refractivity contribution is -0.137. The zero-order valence-corrected chi connectivity index (χ0v) is 15.8. The molecular weight excluding hydrogens is 385 g/mol. The number of aromatic amines is 1. The minimum atomic E-state index is -4.40. The van der Waals surface area contributed by atoms with Gasteiger partial charge in [0.1, 0.15) is 11.2 Å². The first-order valence-corrected chi connectivity index (χ1v) is 9.40. The van der Waals surface area contributed by atoms with Gasteiger partial charge in [-0.05, 0) is 37.5 Å². The Hall–Kier alpha value is -3.04. The van der Waals surface area contributed by atoms with Crippen molar-refractivity contribution in [2.45, 2.75) is 37.9 Å². The molecule has 1 saturated heterocycles. The zero-order valence-electron chi connectivity index (χ0n) is 15.8. The smallest absolute Gasteiger partial charge is 0.382 e. The molecule has 0 atom stereocenters. The number of hydrogen-bond donors (Lipinski definition) is 2. The molecule has 7 nitrogen and oxygen atoms in total. The molecule has 0 aromatic carbocycles. The van der Waals surface area contributed by atoms with Crippen LogP contribution < -0.4 is 16.2 Å². The number of H-pyrrole nitrogens is 1. The van der Waals surface area contributed by atoms with Crippen molar-refractivity contribution >= 4 is 22.5 Å². The third kappa shape index (κ3) is 3.22. The summed E-state index contributed by atoms with van der Waals surface area (Å²) < 4.78 is 40.9. The summed E-state index contributed by atoms with van der Waals surface area (Å²) in [7, 11) is 0. The van der Waals surface area contributed by atoms with Crippen molar-refractivity contribution in [3.8, 4) is 0 Å². The highest BCUT2D eigenvalue weighted by Crippen LogP contribution is 2.38. The predicted octanol–water partition coefficient (Wildman–Crippen LogP) is 3.13. The second-order valence-corrected chi connectivity index (χ2v) is 7.33. The molecule has 1 fully saturated rings. The molecule has 154 valence electrons. The maximum absolute atomic E-state index is 13.0. The van der Waals surface area contributed by atoms with Crippen LogP contribution in [0, 0.1) is 0 Å². The molecule has 4 heterocycles. The zero-order chi connectivity index (χ0) is 20.8. The number of halogens is 3. The summed E-state index contributed by atoms with van der Waals surface area (Å²) in [4.78, 5) is 20.7. The molecule has 0 radical (unpaired) electrons. The summed E-state index contributed by atoms with van der Waals surface area (Å²) >= 11 is 0. The average molecular weight is 406 g/mol. The summed E-state index contributed by atoms with van der Waals surface area (Å²) in [5.74, 6) is 0.488. The van der Waals surface area contributed by atoms with E-state index in [4.69, 9.17) is 5.73 Å². The highest BCUT2D eigenvalue weighted by molar-refractivity contribution is 5.88. The Balaban J connectivity index is 1.64. The number of fused-ring (bicyclic) bond motifs is 1. The molecule has 0 bridgehead atoms. The number of alkyl halides is 3. The molecule has 0 amide bonds. The van der Waals surface area contributed by atoms with E-state index in [0.717, 1.165) is 18.6 Å². The molecule has 3 aromatic heterocycles. The lowest BCUT2D eigenvalue weighted by Gasteiger charge is -2.42. The first-order valence-electron chi connectivity index (χ1n) is 9.40. The second-order valence-electron chi connectivity index (χ2n) is 7.33. The van der Waals surface area contributed by atoms with E-state index >= 15 is 0 Å². The van der Waals surface area contributed by atoms with Gasteiger partial charge in [-0.15, -0.1) is 0 Å². The van der Waals surface area contributed by atoms with Gasteiger partial charge in [0.2, 0.25) is 0 Å². The van der Waals surface area contributed by atoms with E-state index < -0.39 is 11.7 Å². The second kappa shape index (κ2) is 6.78. The number of nitrogen functional groups attached to an aromatic ring is 1. The standard InChI is InChI=1S/C19H21F3N6O/c1-2-18(28-13-4-8-25-17(29)15(13)16(23)26-28)5-9-27(10-6-18)14-11-12(3-7-24-14)19(20,21)22/h3-4,7-8,11H,2,5-6,9-10H2,1H3,(H2,23,26)(H,25,29). The van der Waals surface area contributed by atoms with Crippen LogP contribution in [0.3, 0.4) is 0 Å². The molecule has 3 aromatic rings. The SMILES string of the molecule is CCC1(n2nc(N)c3c(=O)[nH]ccc32)CCN(c2cc(C(F)(F)F)ccn2)CC1. The summed E-state index contributed by atoms with van der Waals surface area (Å²) in [5, 5.41) is 4.82. The number of hydrogen-bond acceptors (Lipinski definition) is 5. The van der Waals surface area contributed by atoms with Crippen molar-refractivity contribution in [1.29, 1.82) is 0 Å². The predicted molar refractivity (Wildman–Crippen MR) is 104 cm³/mol.